The molecule has 6 nitrogen and oxygen atoms in total. The van der Waals surface area contributed by atoms with Crippen LogP contribution in [0.4, 0.5) is 0 Å². The zero-order chi connectivity index (χ0) is 15.7. The van der Waals surface area contributed by atoms with Crippen LogP contribution in [-0.4, -0.2) is 23.4 Å². The standard InChI is InChI=1S/C14H16N4O2S2/c1-3-18-12(10(2)16-17-18)8-15-22(19,20)14-9-21-13-7-5-4-6-11(13)14/h4-7,9,15H,3,8H2,1-2H3. The number of hydrogen-bond acceptors (Lipinski definition) is 5. The number of rotatable bonds is 5. The maximum atomic E-state index is 12.6. The first-order valence-electron chi connectivity index (χ1n) is 6.88. The van der Waals surface area contributed by atoms with E-state index in [1.807, 2.05) is 38.1 Å². The van der Waals surface area contributed by atoms with E-state index in [9.17, 15) is 8.42 Å². The zero-order valence-electron chi connectivity index (χ0n) is 12.3. The second-order valence-electron chi connectivity index (χ2n) is 4.86. The molecule has 0 amide bonds. The minimum atomic E-state index is -3.57. The molecular formula is C14H16N4O2S2. The monoisotopic (exact) mass is 336 g/mol. The van der Waals surface area contributed by atoms with Crippen molar-refractivity contribution in [2.75, 3.05) is 0 Å². The van der Waals surface area contributed by atoms with Crippen LogP contribution in [0.15, 0.2) is 34.5 Å². The Bertz CT molecular complexity index is 912. The molecule has 2 aromatic heterocycles. The van der Waals surface area contributed by atoms with Crippen LogP contribution in [0.2, 0.25) is 0 Å². The zero-order valence-corrected chi connectivity index (χ0v) is 13.9. The van der Waals surface area contributed by atoms with Crippen molar-refractivity contribution in [3.63, 3.8) is 0 Å². The number of benzene rings is 1. The molecule has 22 heavy (non-hydrogen) atoms. The molecule has 0 fully saturated rings. The van der Waals surface area contributed by atoms with Crippen molar-refractivity contribution in [1.82, 2.24) is 19.7 Å². The van der Waals surface area contributed by atoms with E-state index in [4.69, 9.17) is 0 Å². The maximum Gasteiger partial charge on any atom is 0.242 e. The minimum absolute atomic E-state index is 0.180. The molecule has 116 valence electrons. The van der Waals surface area contributed by atoms with Gasteiger partial charge < -0.3 is 0 Å². The number of nitrogens with zero attached hydrogens (tertiary/aromatic N) is 3. The van der Waals surface area contributed by atoms with Gasteiger partial charge >= 0.3 is 0 Å². The summed E-state index contributed by atoms with van der Waals surface area (Å²) in [5.41, 5.74) is 1.52. The van der Waals surface area contributed by atoms with E-state index < -0.39 is 10.0 Å². The van der Waals surface area contributed by atoms with Gasteiger partial charge in [0.05, 0.1) is 17.9 Å². The van der Waals surface area contributed by atoms with Gasteiger partial charge in [0.2, 0.25) is 10.0 Å². The van der Waals surface area contributed by atoms with Gasteiger partial charge in [-0.25, -0.2) is 17.8 Å². The molecule has 1 aromatic carbocycles. The minimum Gasteiger partial charge on any atom is -0.248 e. The van der Waals surface area contributed by atoms with E-state index in [1.165, 1.54) is 11.3 Å². The van der Waals surface area contributed by atoms with Crippen LogP contribution in [0, 0.1) is 6.92 Å². The molecule has 0 aliphatic heterocycles. The van der Waals surface area contributed by atoms with E-state index in [1.54, 1.807) is 10.1 Å². The maximum absolute atomic E-state index is 12.6. The summed E-state index contributed by atoms with van der Waals surface area (Å²) in [5.74, 6) is 0. The second kappa shape index (κ2) is 5.79. The van der Waals surface area contributed by atoms with Crippen molar-refractivity contribution in [3.8, 4) is 0 Å². The third-order valence-electron chi connectivity index (χ3n) is 3.50. The molecule has 0 bridgehead atoms. The highest BCUT2D eigenvalue weighted by Gasteiger charge is 2.20. The van der Waals surface area contributed by atoms with Crippen molar-refractivity contribution >= 4 is 31.4 Å². The van der Waals surface area contributed by atoms with Crippen LogP contribution in [0.3, 0.4) is 0 Å². The number of fused-ring (bicyclic) bond motifs is 1. The lowest BCUT2D eigenvalue weighted by molar-refractivity contribution is 0.566. The Morgan fingerprint density at radius 3 is 2.86 bits per heavy atom. The van der Waals surface area contributed by atoms with Crippen molar-refractivity contribution in [2.24, 2.45) is 0 Å². The molecule has 8 heteroatoms. The Morgan fingerprint density at radius 1 is 1.32 bits per heavy atom. The molecule has 0 atom stereocenters. The van der Waals surface area contributed by atoms with Gasteiger partial charge in [-0.05, 0) is 19.9 Å². The van der Waals surface area contributed by atoms with Crippen molar-refractivity contribution in [3.05, 3.63) is 41.0 Å². The Labute approximate surface area is 132 Å². The van der Waals surface area contributed by atoms with Gasteiger partial charge in [0.25, 0.3) is 0 Å². The molecule has 0 spiro atoms. The first-order valence-corrected chi connectivity index (χ1v) is 9.24. The molecule has 0 aliphatic carbocycles. The summed E-state index contributed by atoms with van der Waals surface area (Å²) < 4.78 is 30.4. The van der Waals surface area contributed by atoms with E-state index >= 15 is 0 Å². The summed E-state index contributed by atoms with van der Waals surface area (Å²) in [6.45, 7) is 4.60. The van der Waals surface area contributed by atoms with E-state index in [-0.39, 0.29) is 6.54 Å². The fraction of sp³-hybridized carbons (Fsp3) is 0.286. The molecule has 0 saturated heterocycles. The number of aryl methyl sites for hydroxylation is 2. The Kier molecular flexibility index (Phi) is 3.98. The summed E-state index contributed by atoms with van der Waals surface area (Å²) >= 11 is 1.43. The van der Waals surface area contributed by atoms with Crippen molar-refractivity contribution in [1.29, 1.82) is 0 Å². The molecule has 3 aromatic rings. The molecule has 1 N–H and O–H groups in total. The van der Waals surface area contributed by atoms with Crippen LogP contribution < -0.4 is 4.72 Å². The summed E-state index contributed by atoms with van der Waals surface area (Å²) in [7, 11) is -3.57. The van der Waals surface area contributed by atoms with Gasteiger partial charge in [-0.15, -0.1) is 16.4 Å². The van der Waals surface area contributed by atoms with Crippen molar-refractivity contribution in [2.45, 2.75) is 31.8 Å². The second-order valence-corrected chi connectivity index (χ2v) is 7.50. The van der Waals surface area contributed by atoms with Gasteiger partial charge in [-0.3, -0.25) is 0 Å². The SMILES string of the molecule is CCn1nnc(C)c1CNS(=O)(=O)c1csc2ccccc12. The average molecular weight is 336 g/mol. The Hall–Kier alpha value is -1.77. The summed E-state index contributed by atoms with van der Waals surface area (Å²) in [6, 6.07) is 7.48. The number of nitrogens with one attached hydrogen (secondary N) is 1. The van der Waals surface area contributed by atoms with Crippen LogP contribution >= 0.6 is 11.3 Å². The third-order valence-corrected chi connectivity index (χ3v) is 6.05. The lowest BCUT2D eigenvalue weighted by Gasteiger charge is -2.07. The molecule has 0 aliphatic rings. The first-order chi connectivity index (χ1) is 10.5. The molecule has 0 radical (unpaired) electrons. The predicted molar refractivity (Wildman–Crippen MR) is 86.3 cm³/mol. The highest BCUT2D eigenvalue weighted by molar-refractivity contribution is 7.89. The van der Waals surface area contributed by atoms with Gasteiger partial charge in [0, 0.05) is 22.0 Å². The van der Waals surface area contributed by atoms with E-state index in [2.05, 4.69) is 15.0 Å². The van der Waals surface area contributed by atoms with Crippen LogP contribution in [0.1, 0.15) is 18.3 Å². The molecule has 0 unspecified atom stereocenters. The van der Waals surface area contributed by atoms with Crippen LogP contribution in [-0.2, 0) is 23.1 Å². The van der Waals surface area contributed by atoms with Gasteiger partial charge in [-0.2, -0.15) is 0 Å². The smallest absolute Gasteiger partial charge is 0.242 e. The van der Waals surface area contributed by atoms with Gasteiger partial charge in [0.1, 0.15) is 4.90 Å². The predicted octanol–water partition coefficient (Wildman–Crippen LogP) is 2.30. The Morgan fingerprint density at radius 2 is 2.09 bits per heavy atom. The highest BCUT2D eigenvalue weighted by atomic mass is 32.2. The van der Waals surface area contributed by atoms with Crippen LogP contribution in [0.5, 0.6) is 0 Å². The largest absolute Gasteiger partial charge is 0.248 e. The first kappa shape index (κ1) is 15.1. The number of hydrogen-bond donors (Lipinski definition) is 1. The van der Waals surface area contributed by atoms with E-state index in [0.717, 1.165) is 21.5 Å². The summed E-state index contributed by atoms with van der Waals surface area (Å²) in [5, 5.41) is 10.4. The number of sulfonamides is 1. The third kappa shape index (κ3) is 2.65. The fourth-order valence-corrected chi connectivity index (χ4v) is 4.78. The number of aromatic nitrogens is 3. The van der Waals surface area contributed by atoms with Crippen LogP contribution in [0.25, 0.3) is 10.1 Å². The number of thiophene rings is 1. The summed E-state index contributed by atoms with van der Waals surface area (Å²) in [6.07, 6.45) is 0. The lowest BCUT2D eigenvalue weighted by Crippen LogP contribution is -2.25. The molecular weight excluding hydrogens is 320 g/mol. The van der Waals surface area contributed by atoms with Crippen molar-refractivity contribution < 1.29 is 8.42 Å². The molecule has 0 saturated carbocycles. The molecule has 2 heterocycles. The lowest BCUT2D eigenvalue weighted by atomic mass is 10.3. The highest BCUT2D eigenvalue weighted by Crippen LogP contribution is 2.29. The molecule has 3 rings (SSSR count). The summed E-state index contributed by atoms with van der Waals surface area (Å²) in [4.78, 5) is 0.321. The average Bonchev–Trinajstić information content (AvgIpc) is 3.09. The fourth-order valence-electron chi connectivity index (χ4n) is 2.30. The quantitative estimate of drug-likeness (QED) is 0.775. The van der Waals surface area contributed by atoms with Gasteiger partial charge in [0.15, 0.2) is 0 Å². The Balaban J connectivity index is 1.89. The normalized spacial score (nSPS) is 12.1. The topological polar surface area (TPSA) is 76.9 Å². The van der Waals surface area contributed by atoms with E-state index in [0.29, 0.717) is 11.4 Å². The van der Waals surface area contributed by atoms with Gasteiger partial charge in [-0.1, -0.05) is 23.4 Å².